The minimum absolute atomic E-state index is 0.913. The third-order valence-electron chi connectivity index (χ3n) is 16.5. The highest BCUT2D eigenvalue weighted by molar-refractivity contribution is 7.06. The lowest BCUT2D eigenvalue weighted by atomic mass is 9.94. The van der Waals surface area contributed by atoms with Gasteiger partial charge in [-0.1, -0.05) is 146 Å². The van der Waals surface area contributed by atoms with Crippen molar-refractivity contribution in [2.75, 3.05) is 9.80 Å². The van der Waals surface area contributed by atoms with E-state index in [1.165, 1.54) is 110 Å². The summed E-state index contributed by atoms with van der Waals surface area (Å²) in [5.41, 5.74) is 26.0. The molecule has 2 aliphatic rings. The van der Waals surface area contributed by atoms with E-state index in [0.29, 0.717) is 0 Å². The smallest absolute Gasteiger partial charge is 0.160 e. The summed E-state index contributed by atoms with van der Waals surface area (Å²) >= 11 is 0. The molecule has 9 aromatic carbocycles. The summed E-state index contributed by atoms with van der Waals surface area (Å²) in [6.45, 7) is 28.0. The van der Waals surface area contributed by atoms with E-state index in [0.717, 1.165) is 55.6 Å². The minimum Gasteiger partial charge on any atom is -0.455 e. The van der Waals surface area contributed by atoms with Crippen molar-refractivity contribution in [2.24, 2.45) is 0 Å². The molecule has 0 N–H and O–H groups in total. The molecule has 4 heterocycles. The molecule has 11 aromatic rings. The van der Waals surface area contributed by atoms with Gasteiger partial charge < -0.3 is 18.6 Å². The second-order valence-corrected chi connectivity index (χ2v) is 30.9. The molecule has 0 radical (unpaired) electrons. The lowest BCUT2D eigenvalue weighted by Crippen LogP contribution is -2.51. The fourth-order valence-corrected chi connectivity index (χ4v) is 19.1. The standard InChI is InChI=1S/C66H60N2O2Si2/c1-37-21-25-49(41(5)29-37)67(50-26-22-38(2)30-42(50)6)53-35-60-63(66-61(53)45-17-13-15-19-55(45)70-66)48-34-57-47(33-58(48)72(60,11)12)62-59(71(57,9)10)36-54(65-64(62)46-18-14-16-20-56(46)69-65)68(51-27-23-39(3)31-43(51)7)52-28-24-40(4)32-44(52)8/h13-36H,1-12H3. The van der Waals surface area contributed by atoms with Crippen molar-refractivity contribution < 1.29 is 8.83 Å². The maximum atomic E-state index is 7.28. The van der Waals surface area contributed by atoms with Gasteiger partial charge >= 0.3 is 0 Å². The third kappa shape index (κ3) is 6.28. The molecular formula is C66H60N2O2Si2. The van der Waals surface area contributed by atoms with Crippen LogP contribution in [0.2, 0.25) is 26.2 Å². The molecular weight excluding hydrogens is 909 g/mol. The van der Waals surface area contributed by atoms with Gasteiger partial charge in [-0.2, -0.15) is 0 Å². The first-order valence-electron chi connectivity index (χ1n) is 25.6. The average Bonchev–Trinajstić information content (AvgIpc) is 4.04. The molecule has 0 saturated heterocycles. The predicted molar refractivity (Wildman–Crippen MR) is 313 cm³/mol. The predicted octanol–water partition coefficient (Wildman–Crippen LogP) is 16.5. The molecule has 72 heavy (non-hydrogen) atoms. The fourth-order valence-electron chi connectivity index (χ4n) is 13.0. The van der Waals surface area contributed by atoms with Crippen LogP contribution in [0.15, 0.2) is 154 Å². The van der Waals surface area contributed by atoms with Crippen LogP contribution in [0.25, 0.3) is 66.1 Å². The maximum absolute atomic E-state index is 7.28. The summed E-state index contributed by atoms with van der Waals surface area (Å²) in [6, 6.07) is 55.2. The topological polar surface area (TPSA) is 32.8 Å². The first-order valence-corrected chi connectivity index (χ1v) is 31.6. The minimum atomic E-state index is -2.43. The summed E-state index contributed by atoms with van der Waals surface area (Å²) in [4.78, 5) is 5.02. The Bertz CT molecular complexity index is 4060. The molecule has 0 aliphatic carbocycles. The quantitative estimate of drug-likeness (QED) is 0.155. The number of nitrogens with zero attached hydrogens (tertiary/aromatic N) is 2. The molecule has 2 aromatic heterocycles. The third-order valence-corrected chi connectivity index (χ3v) is 23.5. The highest BCUT2D eigenvalue weighted by atomic mass is 28.3. The normalized spacial score (nSPS) is 14.1. The monoisotopic (exact) mass is 968 g/mol. The Balaban J connectivity index is 1.09. The lowest BCUT2D eigenvalue weighted by molar-refractivity contribution is 0.669. The van der Waals surface area contributed by atoms with Gasteiger partial charge in [0.2, 0.25) is 0 Å². The van der Waals surface area contributed by atoms with Gasteiger partial charge in [-0.05, 0) is 164 Å². The van der Waals surface area contributed by atoms with Crippen LogP contribution in [-0.2, 0) is 0 Å². The Morgan fingerprint density at radius 2 is 0.708 bits per heavy atom. The Kier molecular flexibility index (Phi) is 9.63. The number of para-hydroxylation sites is 2. The van der Waals surface area contributed by atoms with E-state index >= 15 is 0 Å². The van der Waals surface area contributed by atoms with Gasteiger partial charge in [0.1, 0.15) is 32.9 Å². The van der Waals surface area contributed by atoms with Crippen LogP contribution in [0.3, 0.4) is 0 Å². The van der Waals surface area contributed by atoms with Crippen LogP contribution in [0.1, 0.15) is 44.5 Å². The Hall–Kier alpha value is -7.39. The molecule has 0 atom stereocenters. The molecule has 6 heteroatoms. The number of furan rings is 2. The van der Waals surface area contributed by atoms with Crippen molar-refractivity contribution in [1.29, 1.82) is 0 Å². The summed E-state index contributed by atoms with van der Waals surface area (Å²) < 4.78 is 14.5. The van der Waals surface area contributed by atoms with Crippen LogP contribution in [0, 0.1) is 55.4 Å². The fraction of sp³-hybridized carbons (Fsp3) is 0.182. The molecule has 13 rings (SSSR count). The van der Waals surface area contributed by atoms with E-state index in [1.807, 2.05) is 0 Å². The zero-order valence-corrected chi connectivity index (χ0v) is 45.6. The van der Waals surface area contributed by atoms with Crippen LogP contribution in [0.4, 0.5) is 34.1 Å². The molecule has 4 nitrogen and oxygen atoms in total. The molecule has 0 fully saturated rings. The van der Waals surface area contributed by atoms with Gasteiger partial charge in [0, 0.05) is 44.5 Å². The molecule has 0 unspecified atom stereocenters. The summed E-state index contributed by atoms with van der Waals surface area (Å²) in [5.74, 6) is 0. The van der Waals surface area contributed by atoms with Crippen molar-refractivity contribution in [2.45, 2.75) is 81.6 Å². The molecule has 0 spiro atoms. The highest BCUT2D eigenvalue weighted by Crippen LogP contribution is 2.52. The zero-order chi connectivity index (χ0) is 49.9. The molecule has 0 bridgehead atoms. The zero-order valence-electron chi connectivity index (χ0n) is 43.6. The number of fused-ring (bicyclic) bond motifs is 14. The number of anilines is 6. The Morgan fingerprint density at radius 3 is 1.17 bits per heavy atom. The number of rotatable bonds is 6. The number of aryl methyl sites for hydroxylation is 8. The SMILES string of the molecule is Cc1ccc(N(c2ccc(C)cc2C)c2cc3c(c4c2oc2ccccc24)-c2cc4c(cc2[Si]3(C)C)-c2c(cc(N(c3ccc(C)cc3C)c3ccc(C)cc3C)c3c2oc2ccccc23)[Si]4(C)C)c(C)c1. The largest absolute Gasteiger partial charge is 0.455 e. The first-order chi connectivity index (χ1) is 34.5. The van der Waals surface area contributed by atoms with Crippen LogP contribution < -0.4 is 30.5 Å². The summed E-state index contributed by atoms with van der Waals surface area (Å²) in [7, 11) is -4.85. The van der Waals surface area contributed by atoms with Gasteiger partial charge in [0.05, 0.1) is 16.8 Å². The van der Waals surface area contributed by atoms with Gasteiger partial charge in [-0.15, -0.1) is 0 Å². The highest BCUT2D eigenvalue weighted by Gasteiger charge is 2.47. The molecule has 354 valence electrons. The van der Waals surface area contributed by atoms with Crippen LogP contribution in [0.5, 0.6) is 0 Å². The van der Waals surface area contributed by atoms with E-state index in [4.69, 9.17) is 8.83 Å². The lowest BCUT2D eigenvalue weighted by Gasteiger charge is -2.31. The molecule has 0 saturated carbocycles. The number of benzene rings is 9. The van der Waals surface area contributed by atoms with Crippen molar-refractivity contribution >= 4 is 115 Å². The number of hydrogen-bond donors (Lipinski definition) is 0. The second kappa shape index (κ2) is 15.6. The first kappa shape index (κ1) is 44.5. The van der Waals surface area contributed by atoms with Crippen molar-refractivity contribution in [3.63, 3.8) is 0 Å². The van der Waals surface area contributed by atoms with Gasteiger partial charge in [-0.3, -0.25) is 0 Å². The van der Waals surface area contributed by atoms with Crippen molar-refractivity contribution in [3.05, 3.63) is 190 Å². The summed E-state index contributed by atoms with van der Waals surface area (Å²) in [6.07, 6.45) is 0. The second-order valence-electron chi connectivity index (χ2n) is 22.3. The van der Waals surface area contributed by atoms with E-state index in [1.54, 1.807) is 0 Å². The van der Waals surface area contributed by atoms with Gasteiger partial charge in [-0.25, -0.2) is 0 Å². The number of hydrogen-bond acceptors (Lipinski definition) is 4. The summed E-state index contributed by atoms with van der Waals surface area (Å²) in [5, 5.41) is 10.5. The van der Waals surface area contributed by atoms with E-state index < -0.39 is 16.1 Å². The van der Waals surface area contributed by atoms with Crippen LogP contribution >= 0.6 is 0 Å². The van der Waals surface area contributed by atoms with E-state index in [2.05, 4.69) is 237 Å². The van der Waals surface area contributed by atoms with E-state index in [-0.39, 0.29) is 0 Å². The van der Waals surface area contributed by atoms with Gasteiger partial charge in [0.15, 0.2) is 5.58 Å². The molecule has 0 amide bonds. The van der Waals surface area contributed by atoms with Gasteiger partial charge in [0.25, 0.3) is 0 Å². The average molecular weight is 969 g/mol. The maximum Gasteiger partial charge on any atom is 0.160 e. The Morgan fingerprint density at radius 1 is 0.333 bits per heavy atom. The van der Waals surface area contributed by atoms with Crippen molar-refractivity contribution in [3.8, 4) is 22.3 Å². The Labute approximate surface area is 425 Å². The van der Waals surface area contributed by atoms with E-state index in [9.17, 15) is 0 Å². The van der Waals surface area contributed by atoms with Crippen molar-refractivity contribution in [1.82, 2.24) is 0 Å². The molecule has 2 aliphatic heterocycles. The van der Waals surface area contributed by atoms with Crippen LogP contribution in [-0.4, -0.2) is 16.1 Å².